The third-order valence-electron chi connectivity index (χ3n) is 1.15. The summed E-state index contributed by atoms with van der Waals surface area (Å²) in [6, 6.07) is 3.47. The Morgan fingerprint density at radius 2 is 2.30 bits per heavy atom. The van der Waals surface area contributed by atoms with Gasteiger partial charge in [-0.2, -0.15) is 0 Å². The molecule has 0 saturated heterocycles. The van der Waals surface area contributed by atoms with Crippen LogP contribution in [-0.2, 0) is 6.61 Å². The van der Waals surface area contributed by atoms with E-state index in [1.54, 1.807) is 12.1 Å². The molecule has 1 rings (SSSR count). The molecule has 4 heteroatoms. The van der Waals surface area contributed by atoms with E-state index in [1.165, 1.54) is 0 Å². The third-order valence-corrected chi connectivity index (χ3v) is 1.59. The maximum atomic E-state index is 8.67. The molecule has 1 aromatic rings. The van der Waals surface area contributed by atoms with Crippen LogP contribution in [0.25, 0.3) is 0 Å². The maximum Gasteiger partial charge on any atom is 0.130 e. The molecular weight excluding hydrogens is 196 g/mol. The smallest absolute Gasteiger partial charge is 0.130 e. The molecule has 3 nitrogen and oxygen atoms in total. The number of nitrogens with two attached hydrogens (primary N) is 1. The van der Waals surface area contributed by atoms with E-state index in [2.05, 4.69) is 20.9 Å². The minimum atomic E-state index is -0.0634. The van der Waals surface area contributed by atoms with Gasteiger partial charge in [0, 0.05) is 5.56 Å². The van der Waals surface area contributed by atoms with Gasteiger partial charge in [0.15, 0.2) is 0 Å². The normalized spacial score (nSPS) is 9.80. The fraction of sp³-hybridized carbons (Fsp3) is 0.167. The standard InChI is InChI=1S/C6H7BrN2O/c7-5-2-1-4(3-10)6(8)9-5/h1-2,10H,3H2,(H2,8,9). The van der Waals surface area contributed by atoms with Crippen molar-refractivity contribution in [1.82, 2.24) is 4.98 Å². The second-order valence-corrected chi connectivity index (χ2v) is 2.65. The average Bonchev–Trinajstić information content (AvgIpc) is 1.88. The van der Waals surface area contributed by atoms with Gasteiger partial charge in [-0.3, -0.25) is 0 Å². The Morgan fingerprint density at radius 3 is 2.80 bits per heavy atom. The summed E-state index contributed by atoms with van der Waals surface area (Å²) in [4.78, 5) is 3.88. The molecule has 0 bridgehead atoms. The first-order chi connectivity index (χ1) is 4.74. The molecule has 0 fully saturated rings. The average molecular weight is 203 g/mol. The first-order valence-corrected chi connectivity index (χ1v) is 3.55. The Morgan fingerprint density at radius 1 is 1.60 bits per heavy atom. The number of aliphatic hydroxyl groups is 1. The number of nitrogens with zero attached hydrogens (tertiary/aromatic N) is 1. The number of aromatic nitrogens is 1. The van der Waals surface area contributed by atoms with Crippen molar-refractivity contribution >= 4 is 21.7 Å². The number of halogens is 1. The van der Waals surface area contributed by atoms with Crippen LogP contribution in [0, 0.1) is 0 Å². The molecule has 0 aliphatic rings. The summed E-state index contributed by atoms with van der Waals surface area (Å²) in [6.45, 7) is -0.0634. The predicted octanol–water partition coefficient (Wildman–Crippen LogP) is 0.919. The molecule has 0 aliphatic heterocycles. The first kappa shape index (κ1) is 7.50. The number of nitrogen functional groups attached to an aromatic ring is 1. The summed E-state index contributed by atoms with van der Waals surface area (Å²) in [7, 11) is 0. The number of pyridine rings is 1. The van der Waals surface area contributed by atoms with Gasteiger partial charge in [-0.25, -0.2) is 4.98 Å². The van der Waals surface area contributed by atoms with Crippen molar-refractivity contribution in [2.75, 3.05) is 5.73 Å². The van der Waals surface area contributed by atoms with Crippen molar-refractivity contribution in [2.24, 2.45) is 0 Å². The maximum absolute atomic E-state index is 8.67. The highest BCUT2D eigenvalue weighted by Crippen LogP contribution is 2.12. The molecule has 0 atom stereocenters. The highest BCUT2D eigenvalue weighted by molar-refractivity contribution is 9.10. The summed E-state index contributed by atoms with van der Waals surface area (Å²) < 4.78 is 0.683. The van der Waals surface area contributed by atoms with Crippen molar-refractivity contribution in [1.29, 1.82) is 0 Å². The minimum Gasteiger partial charge on any atom is -0.392 e. The topological polar surface area (TPSA) is 59.1 Å². The van der Waals surface area contributed by atoms with Crippen LogP contribution >= 0.6 is 15.9 Å². The number of aliphatic hydroxyl groups excluding tert-OH is 1. The lowest BCUT2D eigenvalue weighted by atomic mass is 10.3. The zero-order valence-electron chi connectivity index (χ0n) is 5.21. The Bertz CT molecular complexity index is 239. The Labute approximate surface area is 67.0 Å². The Balaban J connectivity index is 3.07. The molecule has 10 heavy (non-hydrogen) atoms. The highest BCUT2D eigenvalue weighted by atomic mass is 79.9. The van der Waals surface area contributed by atoms with Gasteiger partial charge in [0.25, 0.3) is 0 Å². The molecule has 0 aliphatic carbocycles. The van der Waals surface area contributed by atoms with Crippen molar-refractivity contribution in [3.63, 3.8) is 0 Å². The summed E-state index contributed by atoms with van der Waals surface area (Å²) in [6.07, 6.45) is 0. The van der Waals surface area contributed by atoms with E-state index < -0.39 is 0 Å². The van der Waals surface area contributed by atoms with Crippen LogP contribution < -0.4 is 5.73 Å². The molecule has 1 aromatic heterocycles. The van der Waals surface area contributed by atoms with Gasteiger partial charge in [0.05, 0.1) is 6.61 Å². The third kappa shape index (κ3) is 1.46. The zero-order chi connectivity index (χ0) is 7.56. The highest BCUT2D eigenvalue weighted by Gasteiger charge is 1.97. The Kier molecular flexibility index (Phi) is 2.24. The molecule has 0 amide bonds. The summed E-state index contributed by atoms with van der Waals surface area (Å²) in [5.74, 6) is 0.372. The van der Waals surface area contributed by atoms with E-state index in [9.17, 15) is 0 Å². The van der Waals surface area contributed by atoms with Crippen molar-refractivity contribution in [3.05, 3.63) is 22.3 Å². The van der Waals surface area contributed by atoms with Gasteiger partial charge < -0.3 is 10.8 Å². The minimum absolute atomic E-state index is 0.0634. The molecular formula is C6H7BrN2O. The molecule has 0 spiro atoms. The van der Waals surface area contributed by atoms with Gasteiger partial charge in [-0.05, 0) is 22.0 Å². The van der Waals surface area contributed by atoms with Crippen LogP contribution in [0.4, 0.5) is 5.82 Å². The lowest BCUT2D eigenvalue weighted by Gasteiger charge is -1.99. The van der Waals surface area contributed by atoms with Gasteiger partial charge in [0.2, 0.25) is 0 Å². The quantitative estimate of drug-likeness (QED) is 0.667. The van der Waals surface area contributed by atoms with Crippen molar-refractivity contribution < 1.29 is 5.11 Å². The monoisotopic (exact) mass is 202 g/mol. The SMILES string of the molecule is Nc1nc(Br)ccc1CO. The van der Waals surface area contributed by atoms with E-state index in [1.807, 2.05) is 0 Å². The Hall–Kier alpha value is -0.610. The fourth-order valence-corrected chi connectivity index (χ4v) is 0.936. The van der Waals surface area contributed by atoms with Crippen molar-refractivity contribution in [3.8, 4) is 0 Å². The van der Waals surface area contributed by atoms with E-state index in [0.29, 0.717) is 16.0 Å². The second-order valence-electron chi connectivity index (χ2n) is 1.84. The van der Waals surface area contributed by atoms with E-state index >= 15 is 0 Å². The summed E-state index contributed by atoms with van der Waals surface area (Å²) in [5, 5.41) is 8.67. The van der Waals surface area contributed by atoms with Crippen LogP contribution in [0.3, 0.4) is 0 Å². The zero-order valence-corrected chi connectivity index (χ0v) is 6.80. The van der Waals surface area contributed by atoms with Crippen LogP contribution in [0.5, 0.6) is 0 Å². The van der Waals surface area contributed by atoms with Crippen molar-refractivity contribution in [2.45, 2.75) is 6.61 Å². The second kappa shape index (κ2) is 2.98. The molecule has 54 valence electrons. The van der Waals surface area contributed by atoms with Gasteiger partial charge in [-0.1, -0.05) is 6.07 Å². The molecule has 0 radical (unpaired) electrons. The number of anilines is 1. The summed E-state index contributed by atoms with van der Waals surface area (Å²) >= 11 is 3.15. The summed E-state index contributed by atoms with van der Waals surface area (Å²) in [5.41, 5.74) is 6.09. The van der Waals surface area contributed by atoms with Crippen LogP contribution in [-0.4, -0.2) is 10.1 Å². The van der Waals surface area contributed by atoms with Crippen LogP contribution in [0.15, 0.2) is 16.7 Å². The first-order valence-electron chi connectivity index (χ1n) is 2.76. The van der Waals surface area contributed by atoms with Crippen LogP contribution in [0.1, 0.15) is 5.56 Å². The molecule has 0 saturated carbocycles. The van der Waals surface area contributed by atoms with Gasteiger partial charge >= 0.3 is 0 Å². The van der Waals surface area contributed by atoms with E-state index in [4.69, 9.17) is 10.8 Å². The van der Waals surface area contributed by atoms with Gasteiger partial charge in [-0.15, -0.1) is 0 Å². The van der Waals surface area contributed by atoms with E-state index in [0.717, 1.165) is 0 Å². The molecule has 3 N–H and O–H groups in total. The van der Waals surface area contributed by atoms with Crippen LogP contribution in [0.2, 0.25) is 0 Å². The largest absolute Gasteiger partial charge is 0.392 e. The molecule has 1 heterocycles. The number of hydrogen-bond acceptors (Lipinski definition) is 3. The lowest BCUT2D eigenvalue weighted by molar-refractivity contribution is 0.282. The lowest BCUT2D eigenvalue weighted by Crippen LogP contribution is -1.96. The molecule has 0 unspecified atom stereocenters. The van der Waals surface area contributed by atoms with Gasteiger partial charge in [0.1, 0.15) is 10.4 Å². The van der Waals surface area contributed by atoms with E-state index in [-0.39, 0.29) is 6.61 Å². The number of hydrogen-bond donors (Lipinski definition) is 2. The fourth-order valence-electron chi connectivity index (χ4n) is 0.613. The predicted molar refractivity (Wildman–Crippen MR) is 42.3 cm³/mol. The molecule has 0 aromatic carbocycles. The number of rotatable bonds is 1.